The Morgan fingerprint density at radius 2 is 2.14 bits per heavy atom. The topological polar surface area (TPSA) is 74.8 Å². The number of amides is 1. The lowest BCUT2D eigenvalue weighted by Gasteiger charge is -2.24. The van der Waals surface area contributed by atoms with E-state index in [1.807, 2.05) is 13.8 Å². The summed E-state index contributed by atoms with van der Waals surface area (Å²) in [4.78, 5) is 13.4. The molecule has 14 heavy (non-hydrogen) atoms. The van der Waals surface area contributed by atoms with Crippen LogP contribution in [0.5, 0.6) is 0 Å². The molecule has 0 fully saturated rings. The number of tetrazole rings is 1. The number of carbonyl (C=O) groups is 1. The lowest BCUT2D eigenvalue weighted by molar-refractivity contribution is 0.0711. The molecule has 0 bridgehead atoms. The van der Waals surface area contributed by atoms with Crippen LogP contribution in [0.3, 0.4) is 0 Å². The normalized spacial score (nSPS) is 10.6. The van der Waals surface area contributed by atoms with Gasteiger partial charge in [-0.3, -0.25) is 4.79 Å². The van der Waals surface area contributed by atoms with Gasteiger partial charge in [-0.1, -0.05) is 13.8 Å². The van der Waals surface area contributed by atoms with Gasteiger partial charge in [0.15, 0.2) is 0 Å². The Bertz CT molecular complexity index is 280. The van der Waals surface area contributed by atoms with E-state index in [2.05, 4.69) is 20.6 Å². The van der Waals surface area contributed by atoms with Crippen LogP contribution in [0, 0.1) is 0 Å². The Morgan fingerprint density at radius 3 is 2.57 bits per heavy atom. The lowest BCUT2D eigenvalue weighted by atomic mass is 10.1. The van der Waals surface area contributed by atoms with Crippen molar-refractivity contribution < 1.29 is 4.79 Å². The Labute approximate surface area is 82.7 Å². The van der Waals surface area contributed by atoms with Crippen LogP contribution in [-0.2, 0) is 0 Å². The van der Waals surface area contributed by atoms with Gasteiger partial charge in [-0.15, -0.1) is 10.2 Å². The molecule has 1 aromatic rings. The van der Waals surface area contributed by atoms with Gasteiger partial charge in [-0.25, -0.2) is 0 Å². The maximum atomic E-state index is 11.7. The largest absolute Gasteiger partial charge is 0.336 e. The fraction of sp³-hybridized carbons (Fsp3) is 0.750. The second-order valence-corrected chi connectivity index (χ2v) is 3.12. The summed E-state index contributed by atoms with van der Waals surface area (Å²) in [5.74, 6) is -0.0631. The summed E-state index contributed by atoms with van der Waals surface area (Å²) in [6.45, 7) is 4.10. The number of carbonyl (C=O) groups excluding carboxylic acids is 1. The third kappa shape index (κ3) is 2.07. The van der Waals surface area contributed by atoms with Gasteiger partial charge in [-0.2, -0.15) is 5.21 Å². The molecule has 6 nitrogen and oxygen atoms in total. The van der Waals surface area contributed by atoms with Crippen molar-refractivity contribution in [2.24, 2.45) is 0 Å². The number of hydrogen-bond donors (Lipinski definition) is 1. The Balaban J connectivity index is 2.69. The molecule has 1 heterocycles. The second-order valence-electron chi connectivity index (χ2n) is 3.12. The van der Waals surface area contributed by atoms with Crippen molar-refractivity contribution in [3.05, 3.63) is 5.82 Å². The van der Waals surface area contributed by atoms with E-state index in [1.165, 1.54) is 0 Å². The summed E-state index contributed by atoms with van der Waals surface area (Å²) in [7, 11) is 1.76. The number of aromatic amines is 1. The molecule has 0 radical (unpaired) electrons. The minimum Gasteiger partial charge on any atom is -0.336 e. The standard InChI is InChI=1S/C8H15N5O/c1-4-6(5-2)13(3)8(14)7-9-11-12-10-7/h6H,4-5H2,1-3H3,(H,9,10,11,12). The Hall–Kier alpha value is -1.46. The SMILES string of the molecule is CCC(CC)N(C)C(=O)c1nn[nH]n1. The number of nitrogens with zero attached hydrogens (tertiary/aromatic N) is 4. The van der Waals surface area contributed by atoms with Crippen LogP contribution in [0.1, 0.15) is 37.3 Å². The van der Waals surface area contributed by atoms with Crippen LogP contribution in [0.2, 0.25) is 0 Å². The molecular formula is C8H15N5O. The summed E-state index contributed by atoms with van der Waals surface area (Å²) < 4.78 is 0. The van der Waals surface area contributed by atoms with Crippen LogP contribution in [-0.4, -0.2) is 44.5 Å². The fourth-order valence-corrected chi connectivity index (χ4v) is 1.41. The van der Waals surface area contributed by atoms with Crippen LogP contribution in [0.25, 0.3) is 0 Å². The molecule has 0 saturated carbocycles. The first-order valence-corrected chi connectivity index (χ1v) is 4.71. The molecule has 6 heteroatoms. The van der Waals surface area contributed by atoms with Crippen molar-refractivity contribution in [1.82, 2.24) is 25.5 Å². The van der Waals surface area contributed by atoms with Crippen molar-refractivity contribution in [2.45, 2.75) is 32.7 Å². The molecule has 0 spiro atoms. The van der Waals surface area contributed by atoms with Gasteiger partial charge in [0.1, 0.15) is 0 Å². The van der Waals surface area contributed by atoms with E-state index in [-0.39, 0.29) is 17.8 Å². The monoisotopic (exact) mass is 197 g/mol. The molecule has 0 aliphatic carbocycles. The molecular weight excluding hydrogens is 182 g/mol. The first-order chi connectivity index (χ1) is 6.70. The molecule has 0 atom stereocenters. The molecule has 1 N–H and O–H groups in total. The molecule has 0 aliphatic heterocycles. The average Bonchev–Trinajstić information content (AvgIpc) is 2.71. The minimum atomic E-state index is -0.188. The number of nitrogens with one attached hydrogen (secondary N) is 1. The third-order valence-electron chi connectivity index (χ3n) is 2.35. The van der Waals surface area contributed by atoms with Crippen molar-refractivity contribution in [3.8, 4) is 0 Å². The van der Waals surface area contributed by atoms with Gasteiger partial charge in [0.2, 0.25) is 0 Å². The van der Waals surface area contributed by atoms with Crippen LogP contribution in [0.4, 0.5) is 0 Å². The molecule has 0 unspecified atom stereocenters. The Kier molecular flexibility index (Phi) is 3.55. The molecule has 0 aliphatic rings. The van der Waals surface area contributed by atoms with Crippen molar-refractivity contribution in [1.29, 1.82) is 0 Å². The van der Waals surface area contributed by atoms with Gasteiger partial charge < -0.3 is 4.90 Å². The summed E-state index contributed by atoms with van der Waals surface area (Å²) in [6.07, 6.45) is 1.85. The van der Waals surface area contributed by atoms with Gasteiger partial charge in [0.05, 0.1) is 0 Å². The molecule has 1 rings (SSSR count). The smallest absolute Gasteiger partial charge is 0.295 e. The van der Waals surface area contributed by atoms with E-state index < -0.39 is 0 Å². The predicted molar refractivity (Wildman–Crippen MR) is 50.6 cm³/mol. The second kappa shape index (κ2) is 4.69. The highest BCUT2D eigenvalue weighted by Crippen LogP contribution is 2.08. The first-order valence-electron chi connectivity index (χ1n) is 4.71. The highest BCUT2D eigenvalue weighted by atomic mass is 16.2. The Morgan fingerprint density at radius 1 is 1.50 bits per heavy atom. The fourth-order valence-electron chi connectivity index (χ4n) is 1.41. The quantitative estimate of drug-likeness (QED) is 0.760. The maximum Gasteiger partial charge on any atom is 0.295 e. The molecule has 1 aromatic heterocycles. The highest BCUT2D eigenvalue weighted by Gasteiger charge is 2.21. The van der Waals surface area contributed by atoms with Gasteiger partial charge in [0.25, 0.3) is 11.7 Å². The minimum absolute atomic E-state index is 0.124. The van der Waals surface area contributed by atoms with Crippen molar-refractivity contribution >= 4 is 5.91 Å². The number of H-pyrrole nitrogens is 1. The number of hydrogen-bond acceptors (Lipinski definition) is 4. The highest BCUT2D eigenvalue weighted by molar-refractivity contribution is 5.90. The van der Waals surface area contributed by atoms with Crippen LogP contribution < -0.4 is 0 Å². The summed E-state index contributed by atoms with van der Waals surface area (Å²) in [6, 6.07) is 0.237. The summed E-state index contributed by atoms with van der Waals surface area (Å²) in [5.41, 5.74) is 0. The van der Waals surface area contributed by atoms with E-state index >= 15 is 0 Å². The summed E-state index contributed by atoms with van der Waals surface area (Å²) >= 11 is 0. The molecule has 0 aromatic carbocycles. The van der Waals surface area contributed by atoms with Crippen molar-refractivity contribution in [3.63, 3.8) is 0 Å². The van der Waals surface area contributed by atoms with Crippen LogP contribution >= 0.6 is 0 Å². The molecule has 78 valence electrons. The molecule has 1 amide bonds. The summed E-state index contributed by atoms with van der Waals surface area (Å²) in [5, 5.41) is 12.9. The molecule has 0 saturated heterocycles. The van der Waals surface area contributed by atoms with Gasteiger partial charge in [0, 0.05) is 13.1 Å². The zero-order valence-electron chi connectivity index (χ0n) is 8.69. The van der Waals surface area contributed by atoms with E-state index in [4.69, 9.17) is 0 Å². The van der Waals surface area contributed by atoms with Gasteiger partial charge in [-0.05, 0) is 18.1 Å². The third-order valence-corrected chi connectivity index (χ3v) is 2.35. The zero-order valence-corrected chi connectivity index (χ0v) is 8.69. The van der Waals surface area contributed by atoms with E-state index in [0.717, 1.165) is 12.8 Å². The van der Waals surface area contributed by atoms with E-state index in [9.17, 15) is 4.79 Å². The van der Waals surface area contributed by atoms with Crippen LogP contribution in [0.15, 0.2) is 0 Å². The van der Waals surface area contributed by atoms with Crippen molar-refractivity contribution in [2.75, 3.05) is 7.05 Å². The predicted octanol–water partition coefficient (Wildman–Crippen LogP) is 0.460. The lowest BCUT2D eigenvalue weighted by Crippen LogP contribution is -2.36. The average molecular weight is 197 g/mol. The zero-order chi connectivity index (χ0) is 10.6. The number of aromatic nitrogens is 4. The van der Waals surface area contributed by atoms with E-state index in [1.54, 1.807) is 11.9 Å². The maximum absolute atomic E-state index is 11.7. The first kappa shape index (κ1) is 10.6. The van der Waals surface area contributed by atoms with E-state index in [0.29, 0.717) is 0 Å². The number of rotatable bonds is 4. The van der Waals surface area contributed by atoms with Gasteiger partial charge >= 0.3 is 0 Å².